The lowest BCUT2D eigenvalue weighted by atomic mass is 10.0. The van der Waals surface area contributed by atoms with Gasteiger partial charge in [0, 0.05) is 13.0 Å². The Morgan fingerprint density at radius 3 is 2.17 bits per heavy atom. The van der Waals surface area contributed by atoms with E-state index in [1.807, 2.05) is 75.4 Å². The number of benzene rings is 2. The zero-order valence-electron chi connectivity index (χ0n) is 21.9. The van der Waals surface area contributed by atoms with Crippen LogP contribution in [-0.4, -0.2) is 49.0 Å². The Morgan fingerprint density at radius 2 is 1.58 bits per heavy atom. The molecule has 0 saturated carbocycles. The lowest BCUT2D eigenvalue weighted by Crippen LogP contribution is -2.50. The van der Waals surface area contributed by atoms with E-state index in [2.05, 4.69) is 5.32 Å². The number of urea groups is 1. The van der Waals surface area contributed by atoms with Gasteiger partial charge in [-0.3, -0.25) is 4.57 Å². The molecule has 9 heteroatoms. The molecule has 36 heavy (non-hydrogen) atoms. The summed E-state index contributed by atoms with van der Waals surface area (Å²) in [5, 5.41) is 2.82. The minimum atomic E-state index is -3.53. The minimum absolute atomic E-state index is 0.0901. The maximum atomic E-state index is 13.4. The van der Waals surface area contributed by atoms with Crippen LogP contribution < -0.4 is 5.32 Å². The molecule has 2 rings (SSSR count). The number of carbonyl (C=O) groups excluding carboxylic acids is 2. The van der Waals surface area contributed by atoms with Crippen LogP contribution in [0.1, 0.15) is 44.4 Å². The second-order valence-corrected chi connectivity index (χ2v) is 11.0. The van der Waals surface area contributed by atoms with Crippen molar-refractivity contribution >= 4 is 19.6 Å². The van der Waals surface area contributed by atoms with Crippen molar-refractivity contribution in [2.24, 2.45) is 5.92 Å². The van der Waals surface area contributed by atoms with Crippen molar-refractivity contribution in [3.63, 3.8) is 0 Å². The molecular weight excluding hydrogens is 479 g/mol. The number of ether oxygens (including phenoxy) is 1. The predicted octanol–water partition coefficient (Wildman–Crippen LogP) is 5.54. The zero-order valence-corrected chi connectivity index (χ0v) is 22.8. The normalized spacial score (nSPS) is 12.3. The Balaban J connectivity index is 2.24. The number of aryl methyl sites for hydroxylation is 1. The molecule has 0 fully saturated rings. The Bertz CT molecular complexity index is 1000. The van der Waals surface area contributed by atoms with Gasteiger partial charge in [0.1, 0.15) is 18.9 Å². The summed E-state index contributed by atoms with van der Waals surface area (Å²) < 4.78 is 29.5. The highest BCUT2D eigenvalue weighted by Gasteiger charge is 2.32. The van der Waals surface area contributed by atoms with Gasteiger partial charge in [0.15, 0.2) is 0 Å². The van der Waals surface area contributed by atoms with Gasteiger partial charge in [0.05, 0.1) is 13.2 Å². The molecule has 1 N–H and O–H groups in total. The highest BCUT2D eigenvalue weighted by Crippen LogP contribution is 2.48. The first-order valence-corrected chi connectivity index (χ1v) is 14.1. The van der Waals surface area contributed by atoms with Crippen molar-refractivity contribution in [2.75, 3.05) is 26.0 Å². The molecule has 2 amide bonds. The second-order valence-electron chi connectivity index (χ2n) is 8.93. The van der Waals surface area contributed by atoms with E-state index in [0.717, 1.165) is 16.7 Å². The summed E-state index contributed by atoms with van der Waals surface area (Å²) in [4.78, 5) is 27.9. The molecule has 0 aromatic heterocycles. The van der Waals surface area contributed by atoms with E-state index in [4.69, 9.17) is 13.8 Å². The van der Waals surface area contributed by atoms with E-state index in [0.29, 0.717) is 6.54 Å². The molecule has 0 heterocycles. The van der Waals surface area contributed by atoms with E-state index in [-0.39, 0.29) is 38.4 Å². The van der Waals surface area contributed by atoms with Gasteiger partial charge < -0.3 is 24.0 Å². The molecule has 0 aliphatic rings. The van der Waals surface area contributed by atoms with Crippen molar-refractivity contribution in [3.05, 3.63) is 71.3 Å². The fourth-order valence-corrected chi connectivity index (χ4v) is 5.38. The summed E-state index contributed by atoms with van der Waals surface area (Å²) in [5.41, 5.74) is 2.77. The lowest BCUT2D eigenvalue weighted by molar-refractivity contribution is -0.147. The maximum Gasteiger partial charge on any atom is 0.349 e. The summed E-state index contributed by atoms with van der Waals surface area (Å²) in [6.07, 6.45) is 0.0466. The Morgan fingerprint density at radius 1 is 0.972 bits per heavy atom. The maximum absolute atomic E-state index is 13.4. The highest BCUT2D eigenvalue weighted by atomic mass is 31.2. The molecule has 1 atom stereocenters. The highest BCUT2D eigenvalue weighted by molar-refractivity contribution is 7.53. The molecular formula is C27H39N2O6P. The van der Waals surface area contributed by atoms with Crippen molar-refractivity contribution in [3.8, 4) is 0 Å². The first kappa shape index (κ1) is 29.6. The third-order valence-corrected chi connectivity index (χ3v) is 7.35. The fourth-order valence-electron chi connectivity index (χ4n) is 3.69. The molecule has 0 aliphatic carbocycles. The number of esters is 1. The molecule has 2 aromatic rings. The smallest absolute Gasteiger partial charge is 0.349 e. The average Bonchev–Trinajstić information content (AvgIpc) is 2.83. The van der Waals surface area contributed by atoms with Gasteiger partial charge in [-0.15, -0.1) is 0 Å². The Labute approximate surface area is 214 Å². The van der Waals surface area contributed by atoms with Crippen LogP contribution in [0.3, 0.4) is 0 Å². The fraction of sp³-hybridized carbons (Fsp3) is 0.481. The Kier molecular flexibility index (Phi) is 12.1. The van der Waals surface area contributed by atoms with Crippen LogP contribution in [0.4, 0.5) is 4.79 Å². The van der Waals surface area contributed by atoms with Gasteiger partial charge in [-0.05, 0) is 43.4 Å². The number of hydrogen-bond acceptors (Lipinski definition) is 6. The van der Waals surface area contributed by atoms with Crippen LogP contribution in [0.15, 0.2) is 54.6 Å². The van der Waals surface area contributed by atoms with Crippen LogP contribution in [-0.2, 0) is 36.2 Å². The van der Waals surface area contributed by atoms with Crippen LogP contribution in [0.5, 0.6) is 0 Å². The number of hydrogen-bond donors (Lipinski definition) is 1. The molecule has 0 saturated heterocycles. The Hall–Kier alpha value is -2.67. The van der Waals surface area contributed by atoms with Crippen molar-refractivity contribution in [1.82, 2.24) is 10.2 Å². The predicted molar refractivity (Wildman–Crippen MR) is 141 cm³/mol. The minimum Gasteiger partial charge on any atom is -0.459 e. The molecule has 198 valence electrons. The third kappa shape index (κ3) is 9.76. The largest absolute Gasteiger partial charge is 0.459 e. The summed E-state index contributed by atoms with van der Waals surface area (Å²) in [6, 6.07) is 15.6. The molecule has 0 unspecified atom stereocenters. The van der Waals surface area contributed by atoms with Gasteiger partial charge in [-0.1, -0.05) is 68.4 Å². The van der Waals surface area contributed by atoms with Crippen molar-refractivity contribution in [1.29, 1.82) is 0 Å². The van der Waals surface area contributed by atoms with Crippen LogP contribution >= 0.6 is 7.60 Å². The van der Waals surface area contributed by atoms with Gasteiger partial charge in [0.25, 0.3) is 0 Å². The zero-order chi connectivity index (χ0) is 26.6. The molecule has 8 nitrogen and oxygen atoms in total. The van der Waals surface area contributed by atoms with Crippen LogP contribution in [0.2, 0.25) is 0 Å². The molecule has 0 radical (unpaired) electrons. The number of rotatable bonds is 14. The topological polar surface area (TPSA) is 94.2 Å². The van der Waals surface area contributed by atoms with Gasteiger partial charge in [0.2, 0.25) is 0 Å². The van der Waals surface area contributed by atoms with Gasteiger partial charge >= 0.3 is 19.6 Å². The number of carbonyl (C=O) groups is 2. The summed E-state index contributed by atoms with van der Waals surface area (Å²) >= 11 is 0. The van der Waals surface area contributed by atoms with Crippen molar-refractivity contribution in [2.45, 2.75) is 53.7 Å². The number of nitrogens with one attached hydrogen (secondary N) is 1. The quantitative estimate of drug-likeness (QED) is 0.261. The molecule has 0 aliphatic heterocycles. The SMILES string of the molecule is CCOP(=O)(CN(CC(C)C)C(=O)N[C@@H](Cc1ccccc1C)C(=O)OCc1ccccc1)OCC. The first-order valence-electron chi connectivity index (χ1n) is 12.4. The van der Waals surface area contributed by atoms with Gasteiger partial charge in [-0.2, -0.15) is 0 Å². The van der Waals surface area contributed by atoms with Crippen molar-refractivity contribution < 1.29 is 27.9 Å². The molecule has 2 aromatic carbocycles. The standard InChI is InChI=1S/C27H39N2O6P/c1-6-34-36(32,35-7-2)20-29(18-21(3)4)27(31)28-25(17-24-16-12-11-13-22(24)5)26(30)33-19-23-14-9-8-10-15-23/h8-16,21,25H,6-7,17-20H2,1-5H3,(H,28,31)/t25-/m0/s1. The second kappa shape index (κ2) is 14.8. The third-order valence-electron chi connectivity index (χ3n) is 5.36. The van der Waals surface area contributed by atoms with E-state index in [1.165, 1.54) is 4.90 Å². The van der Waals surface area contributed by atoms with E-state index < -0.39 is 25.6 Å². The molecule has 0 spiro atoms. The van der Waals surface area contributed by atoms with E-state index >= 15 is 0 Å². The molecule has 0 bridgehead atoms. The summed E-state index contributed by atoms with van der Waals surface area (Å²) in [7, 11) is -3.53. The van der Waals surface area contributed by atoms with Crippen LogP contribution in [0, 0.1) is 12.8 Å². The van der Waals surface area contributed by atoms with E-state index in [9.17, 15) is 14.2 Å². The summed E-state index contributed by atoms with van der Waals surface area (Å²) in [5.74, 6) is -0.454. The van der Waals surface area contributed by atoms with E-state index in [1.54, 1.807) is 13.8 Å². The monoisotopic (exact) mass is 518 g/mol. The average molecular weight is 519 g/mol. The first-order chi connectivity index (χ1) is 17.2. The lowest BCUT2D eigenvalue weighted by Gasteiger charge is -2.30. The number of amides is 2. The van der Waals surface area contributed by atoms with Crippen LogP contribution in [0.25, 0.3) is 0 Å². The van der Waals surface area contributed by atoms with Gasteiger partial charge in [-0.25, -0.2) is 9.59 Å². The summed E-state index contributed by atoms with van der Waals surface area (Å²) in [6.45, 7) is 10.1. The number of nitrogens with zero attached hydrogens (tertiary/aromatic N) is 1.